The molecule has 2 aromatic rings. The Balaban J connectivity index is 1.32. The number of carbonyl (C=O) groups is 1. The highest BCUT2D eigenvalue weighted by atomic mass is 19.1. The van der Waals surface area contributed by atoms with Gasteiger partial charge in [-0.2, -0.15) is 0 Å². The molecule has 1 fully saturated rings. The van der Waals surface area contributed by atoms with Gasteiger partial charge in [0.15, 0.2) is 0 Å². The maximum atomic E-state index is 13.0. The first kappa shape index (κ1) is 19.1. The van der Waals surface area contributed by atoms with Crippen molar-refractivity contribution in [3.63, 3.8) is 0 Å². The topological polar surface area (TPSA) is 63.1 Å². The van der Waals surface area contributed by atoms with Gasteiger partial charge < -0.3 is 14.8 Å². The lowest BCUT2D eigenvalue weighted by molar-refractivity contribution is -0.132. The van der Waals surface area contributed by atoms with Gasteiger partial charge in [0.2, 0.25) is 5.91 Å². The van der Waals surface area contributed by atoms with Gasteiger partial charge in [0.25, 0.3) is 0 Å². The predicted molar refractivity (Wildman–Crippen MR) is 104 cm³/mol. The van der Waals surface area contributed by atoms with Crippen molar-refractivity contribution in [1.82, 2.24) is 25.0 Å². The fourth-order valence-electron chi connectivity index (χ4n) is 4.26. The first-order valence-electron chi connectivity index (χ1n) is 10.4. The lowest BCUT2D eigenvalue weighted by Crippen LogP contribution is -2.39. The fraction of sp³-hybridized carbons (Fsp3) is 0.571. The first-order valence-corrected chi connectivity index (χ1v) is 10.4. The molecule has 1 saturated heterocycles. The van der Waals surface area contributed by atoms with Crippen LogP contribution in [0.25, 0.3) is 0 Å². The van der Waals surface area contributed by atoms with Gasteiger partial charge >= 0.3 is 0 Å². The predicted octanol–water partition coefficient (Wildman–Crippen LogP) is 2.29. The van der Waals surface area contributed by atoms with Crippen LogP contribution in [0.4, 0.5) is 4.39 Å². The highest BCUT2D eigenvalue weighted by Crippen LogP contribution is 2.27. The molecule has 0 bridgehead atoms. The summed E-state index contributed by atoms with van der Waals surface area (Å²) >= 11 is 0. The van der Waals surface area contributed by atoms with Crippen molar-refractivity contribution in [3.05, 3.63) is 47.3 Å². The van der Waals surface area contributed by atoms with Crippen molar-refractivity contribution in [2.24, 2.45) is 0 Å². The second-order valence-electron chi connectivity index (χ2n) is 7.78. The molecule has 2 aliphatic heterocycles. The number of aryl methyl sites for hydroxylation is 1. The van der Waals surface area contributed by atoms with Crippen LogP contribution in [0.15, 0.2) is 24.3 Å². The molecule has 0 saturated carbocycles. The van der Waals surface area contributed by atoms with Crippen LogP contribution < -0.4 is 5.32 Å². The molecule has 150 valence electrons. The van der Waals surface area contributed by atoms with Crippen molar-refractivity contribution in [3.8, 4) is 0 Å². The SMILES string of the molecule is O=C(CCCc1ccc(F)cc1)N1CCCC(c2nnc3n2CCNCC3)C1. The zero-order valence-corrected chi connectivity index (χ0v) is 16.2. The fourth-order valence-corrected chi connectivity index (χ4v) is 4.26. The quantitative estimate of drug-likeness (QED) is 0.858. The minimum atomic E-state index is -0.221. The molecule has 3 heterocycles. The van der Waals surface area contributed by atoms with Crippen molar-refractivity contribution in [2.45, 2.75) is 51.0 Å². The molecule has 7 heteroatoms. The minimum absolute atomic E-state index is 0.212. The second kappa shape index (κ2) is 8.82. The van der Waals surface area contributed by atoms with E-state index in [0.29, 0.717) is 6.42 Å². The van der Waals surface area contributed by atoms with E-state index < -0.39 is 0 Å². The second-order valence-corrected chi connectivity index (χ2v) is 7.78. The molecule has 0 aliphatic carbocycles. The molecule has 28 heavy (non-hydrogen) atoms. The number of carbonyl (C=O) groups excluding carboxylic acids is 1. The molecular weight excluding hydrogens is 357 g/mol. The summed E-state index contributed by atoms with van der Waals surface area (Å²) in [6, 6.07) is 6.54. The Kier molecular flexibility index (Phi) is 6.00. The molecule has 1 amide bonds. The van der Waals surface area contributed by atoms with Crippen molar-refractivity contribution >= 4 is 5.91 Å². The van der Waals surface area contributed by atoms with Crippen molar-refractivity contribution in [1.29, 1.82) is 0 Å². The maximum Gasteiger partial charge on any atom is 0.222 e. The van der Waals surface area contributed by atoms with Crippen LogP contribution in [-0.4, -0.2) is 51.8 Å². The van der Waals surface area contributed by atoms with Gasteiger partial charge in [-0.15, -0.1) is 10.2 Å². The van der Waals surface area contributed by atoms with Gasteiger partial charge in [-0.25, -0.2) is 4.39 Å². The Morgan fingerprint density at radius 2 is 2.04 bits per heavy atom. The summed E-state index contributed by atoms with van der Waals surface area (Å²) in [6.45, 7) is 4.35. The summed E-state index contributed by atoms with van der Waals surface area (Å²) in [7, 11) is 0. The van der Waals surface area contributed by atoms with Gasteiger partial charge in [-0.05, 0) is 43.4 Å². The molecule has 1 aromatic carbocycles. The number of nitrogens with zero attached hydrogens (tertiary/aromatic N) is 4. The Morgan fingerprint density at radius 3 is 2.89 bits per heavy atom. The van der Waals surface area contributed by atoms with Crippen LogP contribution in [0.3, 0.4) is 0 Å². The summed E-state index contributed by atoms with van der Waals surface area (Å²) < 4.78 is 15.2. The van der Waals surface area contributed by atoms with E-state index in [1.54, 1.807) is 12.1 Å². The molecule has 1 atom stereocenters. The van der Waals surface area contributed by atoms with Gasteiger partial charge in [0, 0.05) is 51.5 Å². The Bertz CT molecular complexity index is 804. The summed E-state index contributed by atoms with van der Waals surface area (Å²) in [5.41, 5.74) is 1.07. The van der Waals surface area contributed by atoms with Crippen LogP contribution in [0.2, 0.25) is 0 Å². The van der Waals surface area contributed by atoms with Crippen molar-refractivity contribution in [2.75, 3.05) is 26.2 Å². The maximum absolute atomic E-state index is 13.0. The third-order valence-electron chi connectivity index (χ3n) is 5.80. The number of piperidine rings is 1. The summed E-state index contributed by atoms with van der Waals surface area (Å²) in [6.07, 6.45) is 5.10. The number of amides is 1. The van der Waals surface area contributed by atoms with Crippen molar-refractivity contribution < 1.29 is 9.18 Å². The molecule has 6 nitrogen and oxygen atoms in total. The normalized spacial score (nSPS) is 19.9. The molecule has 1 aromatic heterocycles. The van der Waals surface area contributed by atoms with Crippen LogP contribution in [0.1, 0.15) is 48.8 Å². The number of hydrogen-bond donors (Lipinski definition) is 1. The number of benzene rings is 1. The number of hydrogen-bond acceptors (Lipinski definition) is 4. The lowest BCUT2D eigenvalue weighted by Gasteiger charge is -2.32. The van der Waals surface area contributed by atoms with E-state index in [9.17, 15) is 9.18 Å². The Hall–Kier alpha value is -2.28. The largest absolute Gasteiger partial charge is 0.342 e. The zero-order chi connectivity index (χ0) is 19.3. The standard InChI is InChI=1S/C21H28FN5O/c22-18-8-6-16(7-9-18)3-1-5-20(28)26-13-2-4-17(15-26)21-25-24-19-10-11-23-12-14-27(19)21/h6-9,17,23H,1-5,10-15H2. The van der Waals surface area contributed by atoms with E-state index in [1.807, 2.05) is 4.90 Å². The molecule has 4 rings (SSSR count). The zero-order valence-electron chi connectivity index (χ0n) is 16.2. The summed E-state index contributed by atoms with van der Waals surface area (Å²) in [5, 5.41) is 12.3. The smallest absolute Gasteiger partial charge is 0.222 e. The van der Waals surface area contributed by atoms with E-state index in [-0.39, 0.29) is 17.6 Å². The summed E-state index contributed by atoms with van der Waals surface area (Å²) in [5.74, 6) is 2.37. The molecule has 2 aliphatic rings. The van der Waals surface area contributed by atoms with E-state index in [1.165, 1.54) is 12.1 Å². The minimum Gasteiger partial charge on any atom is -0.342 e. The van der Waals surface area contributed by atoms with Gasteiger partial charge in [0.1, 0.15) is 17.5 Å². The van der Waals surface area contributed by atoms with E-state index in [0.717, 1.165) is 82.0 Å². The first-order chi connectivity index (χ1) is 13.7. The average molecular weight is 385 g/mol. The van der Waals surface area contributed by atoms with Crippen LogP contribution in [-0.2, 0) is 24.2 Å². The number of likely N-dealkylation sites (tertiary alicyclic amines) is 1. The molecule has 1 N–H and O–H groups in total. The molecule has 0 radical (unpaired) electrons. The molecule has 0 spiro atoms. The van der Waals surface area contributed by atoms with E-state index >= 15 is 0 Å². The lowest BCUT2D eigenvalue weighted by atomic mass is 9.96. The number of aromatic nitrogens is 3. The monoisotopic (exact) mass is 385 g/mol. The molecular formula is C21H28FN5O. The number of halogens is 1. The average Bonchev–Trinajstić information content (AvgIpc) is 2.98. The number of rotatable bonds is 5. The molecule has 1 unspecified atom stereocenters. The van der Waals surface area contributed by atoms with Gasteiger partial charge in [-0.1, -0.05) is 12.1 Å². The number of nitrogens with one attached hydrogen (secondary N) is 1. The van der Waals surface area contributed by atoms with Gasteiger partial charge in [0.05, 0.1) is 0 Å². The van der Waals surface area contributed by atoms with Crippen LogP contribution in [0.5, 0.6) is 0 Å². The van der Waals surface area contributed by atoms with E-state index in [4.69, 9.17) is 0 Å². The van der Waals surface area contributed by atoms with Crippen LogP contribution in [0, 0.1) is 5.82 Å². The van der Waals surface area contributed by atoms with E-state index in [2.05, 4.69) is 20.1 Å². The summed E-state index contributed by atoms with van der Waals surface area (Å²) in [4.78, 5) is 14.7. The third kappa shape index (κ3) is 4.41. The Labute approximate surface area is 165 Å². The number of fused-ring (bicyclic) bond motifs is 1. The van der Waals surface area contributed by atoms with Crippen LogP contribution >= 0.6 is 0 Å². The Morgan fingerprint density at radius 1 is 1.18 bits per heavy atom. The highest BCUT2D eigenvalue weighted by molar-refractivity contribution is 5.76. The van der Waals surface area contributed by atoms with Gasteiger partial charge in [-0.3, -0.25) is 4.79 Å². The third-order valence-corrected chi connectivity index (χ3v) is 5.80. The highest BCUT2D eigenvalue weighted by Gasteiger charge is 2.29.